The second-order valence-electron chi connectivity index (χ2n) is 17.8. The lowest BCUT2D eigenvalue weighted by atomic mass is 9.99. The lowest BCUT2D eigenvalue weighted by Gasteiger charge is -2.17. The largest absolute Gasteiger partial charge is 0.396 e. The molecule has 0 fully saturated rings. The van der Waals surface area contributed by atoms with Crippen molar-refractivity contribution in [3.05, 3.63) is 0 Å². The lowest BCUT2D eigenvalue weighted by molar-refractivity contribution is 0.0688. The smallest absolute Gasteiger partial charge is 0.0640 e. The van der Waals surface area contributed by atoms with Crippen molar-refractivity contribution in [3.8, 4) is 0 Å². The molecule has 9 N–H and O–H groups in total. The Balaban J connectivity index is -0.0000000678. The standard InChI is InChI=1S/C10H22O.C9H21NO.3C5H13N.C5H12O.2CH4/c1-5-6-7-8-11-9-10(2,3)4;1-4-5-6-7-11-8-9(2,3)10;3*1-4-5(2,3)6;1-5(2,3)4-6;;/h5-9H2,1-4H3;4-8,10H2,1-3H3;3*4,6H2,1-3H3;6H,4H2,1-3H3;2*1H4. The second kappa shape index (κ2) is 36.5. The molecule has 0 unspecified atom stereocenters. The van der Waals surface area contributed by atoms with Crippen LogP contribution in [0, 0.1) is 10.8 Å². The first-order chi connectivity index (χ1) is 20.4. The van der Waals surface area contributed by atoms with Crippen LogP contribution in [0.3, 0.4) is 0 Å². The molecular weight excluding hydrogens is 596 g/mol. The molecule has 0 amide bonds. The Hall–Kier alpha value is -0.280. The van der Waals surface area contributed by atoms with Gasteiger partial charge in [-0.15, -0.1) is 0 Å². The monoisotopic (exact) mass is 699 g/mol. The highest BCUT2D eigenvalue weighted by atomic mass is 16.5. The van der Waals surface area contributed by atoms with Gasteiger partial charge in [-0.1, -0.05) is 117 Å². The lowest BCUT2D eigenvalue weighted by Crippen LogP contribution is -2.37. The van der Waals surface area contributed by atoms with Crippen LogP contribution in [-0.2, 0) is 9.47 Å². The van der Waals surface area contributed by atoms with Gasteiger partial charge in [0, 0.05) is 42.0 Å². The number of ether oxygens (including phenoxy) is 2. The molecule has 0 rings (SSSR count). The molecule has 0 bridgehead atoms. The molecule has 0 aromatic rings. The van der Waals surface area contributed by atoms with Crippen LogP contribution < -0.4 is 22.9 Å². The maximum Gasteiger partial charge on any atom is 0.0640 e. The van der Waals surface area contributed by atoms with Crippen molar-refractivity contribution in [2.75, 3.05) is 33.0 Å². The number of nitrogens with two attached hydrogens (primary N) is 4. The van der Waals surface area contributed by atoms with E-state index in [1.54, 1.807) is 0 Å². The molecule has 0 atom stereocenters. The summed E-state index contributed by atoms with van der Waals surface area (Å²) >= 11 is 0. The van der Waals surface area contributed by atoms with E-state index in [2.05, 4.69) is 55.4 Å². The van der Waals surface area contributed by atoms with E-state index in [0.29, 0.717) is 12.0 Å². The van der Waals surface area contributed by atoms with Crippen molar-refractivity contribution < 1.29 is 14.6 Å². The summed E-state index contributed by atoms with van der Waals surface area (Å²) < 4.78 is 10.9. The Morgan fingerprint density at radius 1 is 0.417 bits per heavy atom. The highest BCUT2D eigenvalue weighted by Gasteiger charge is 2.10. The van der Waals surface area contributed by atoms with Gasteiger partial charge in [-0.3, -0.25) is 0 Å². The number of hydrogen-bond acceptors (Lipinski definition) is 7. The summed E-state index contributed by atoms with van der Waals surface area (Å²) in [4.78, 5) is 0. The minimum absolute atomic E-state index is 0. The van der Waals surface area contributed by atoms with Gasteiger partial charge >= 0.3 is 0 Å². The van der Waals surface area contributed by atoms with Crippen LogP contribution in [0.4, 0.5) is 0 Å². The second-order valence-corrected chi connectivity index (χ2v) is 17.8. The first kappa shape index (κ1) is 66.0. The van der Waals surface area contributed by atoms with E-state index in [0.717, 1.165) is 45.5 Å². The van der Waals surface area contributed by atoms with Crippen LogP contribution in [0.1, 0.15) is 204 Å². The first-order valence-electron chi connectivity index (χ1n) is 18.3. The third kappa shape index (κ3) is 119. The van der Waals surface area contributed by atoms with Crippen LogP contribution >= 0.6 is 0 Å². The van der Waals surface area contributed by atoms with Crippen molar-refractivity contribution in [2.45, 2.75) is 226 Å². The molecule has 0 spiro atoms. The highest BCUT2D eigenvalue weighted by Crippen LogP contribution is 2.13. The fourth-order valence-electron chi connectivity index (χ4n) is 1.62. The SMILES string of the molecule is C.C.CC(C)(C)CO.CCC(C)(C)N.CCC(C)(C)N.CCC(C)(C)N.CCCCCOCC(C)(C)C.CCCCCOCC(C)(C)N. The van der Waals surface area contributed by atoms with Crippen LogP contribution in [-0.4, -0.2) is 60.3 Å². The van der Waals surface area contributed by atoms with Crippen LogP contribution in [0.5, 0.6) is 0 Å². The topological polar surface area (TPSA) is 143 Å². The van der Waals surface area contributed by atoms with Crippen LogP contribution in [0.25, 0.3) is 0 Å². The molecule has 0 aromatic heterocycles. The van der Waals surface area contributed by atoms with Gasteiger partial charge in [0.15, 0.2) is 0 Å². The van der Waals surface area contributed by atoms with Crippen molar-refractivity contribution in [1.82, 2.24) is 0 Å². The average molecular weight is 699 g/mol. The van der Waals surface area contributed by atoms with Crippen LogP contribution in [0.15, 0.2) is 0 Å². The van der Waals surface area contributed by atoms with Gasteiger partial charge in [0.2, 0.25) is 0 Å². The molecule has 0 aliphatic carbocycles. The van der Waals surface area contributed by atoms with E-state index in [9.17, 15) is 0 Å². The quantitative estimate of drug-likeness (QED) is 0.114. The fraction of sp³-hybridized carbons (Fsp3) is 1.00. The van der Waals surface area contributed by atoms with Gasteiger partial charge < -0.3 is 37.5 Å². The van der Waals surface area contributed by atoms with E-state index in [1.807, 2.05) is 76.2 Å². The number of unbranched alkanes of at least 4 members (excludes halogenated alkanes) is 4. The molecule has 48 heavy (non-hydrogen) atoms. The van der Waals surface area contributed by atoms with E-state index < -0.39 is 0 Å². The molecule has 0 saturated heterocycles. The number of rotatable bonds is 14. The molecular formula is C41H102N4O3. The van der Waals surface area contributed by atoms with Crippen molar-refractivity contribution in [1.29, 1.82) is 0 Å². The summed E-state index contributed by atoms with van der Waals surface area (Å²) in [7, 11) is 0. The molecule has 7 nitrogen and oxygen atoms in total. The minimum Gasteiger partial charge on any atom is -0.396 e. The third-order valence-corrected chi connectivity index (χ3v) is 6.00. The zero-order chi connectivity index (χ0) is 38.3. The minimum atomic E-state index is -0.174. The molecule has 0 heterocycles. The first-order valence-corrected chi connectivity index (χ1v) is 18.3. The molecule has 0 aliphatic heterocycles. The third-order valence-electron chi connectivity index (χ3n) is 6.00. The van der Waals surface area contributed by atoms with Gasteiger partial charge in [0.25, 0.3) is 0 Å². The van der Waals surface area contributed by atoms with Gasteiger partial charge in [-0.2, -0.15) is 0 Å². The molecule has 0 radical (unpaired) electrons. The van der Waals surface area contributed by atoms with Crippen molar-refractivity contribution in [3.63, 3.8) is 0 Å². The van der Waals surface area contributed by atoms with E-state index >= 15 is 0 Å². The van der Waals surface area contributed by atoms with E-state index in [4.69, 9.17) is 37.5 Å². The normalized spacial score (nSPS) is 11.5. The van der Waals surface area contributed by atoms with Gasteiger partial charge in [-0.05, 0) is 98.3 Å². The summed E-state index contributed by atoms with van der Waals surface area (Å²) in [6.07, 6.45) is 10.6. The Bertz CT molecular complexity index is 491. The molecule has 0 saturated carbocycles. The average Bonchev–Trinajstić information content (AvgIpc) is 2.87. The maximum atomic E-state index is 8.40. The maximum absolute atomic E-state index is 8.40. The predicted octanol–water partition coefficient (Wildman–Crippen LogP) is 10.9. The predicted molar refractivity (Wildman–Crippen MR) is 224 cm³/mol. The Labute approximate surface area is 307 Å². The molecule has 7 heteroatoms. The molecule has 304 valence electrons. The van der Waals surface area contributed by atoms with Gasteiger partial charge in [0.1, 0.15) is 0 Å². The Kier molecular flexibility index (Phi) is 50.2. The number of aliphatic hydroxyl groups excluding tert-OH is 1. The van der Waals surface area contributed by atoms with Crippen molar-refractivity contribution in [2.24, 2.45) is 33.8 Å². The zero-order valence-electron chi connectivity index (χ0n) is 35.5. The van der Waals surface area contributed by atoms with E-state index in [-0.39, 0.29) is 49.0 Å². The zero-order valence-corrected chi connectivity index (χ0v) is 35.5. The van der Waals surface area contributed by atoms with Gasteiger partial charge in [0.05, 0.1) is 13.2 Å². The summed E-state index contributed by atoms with van der Waals surface area (Å²) in [6.45, 7) is 42.9. The summed E-state index contributed by atoms with van der Waals surface area (Å²) in [5, 5.41) is 8.40. The number of hydrogen-bond donors (Lipinski definition) is 5. The summed E-state index contributed by atoms with van der Waals surface area (Å²) in [5.74, 6) is 0. The Morgan fingerprint density at radius 3 is 0.792 bits per heavy atom. The summed E-state index contributed by atoms with van der Waals surface area (Å²) in [5.41, 5.74) is 22.7. The van der Waals surface area contributed by atoms with Crippen molar-refractivity contribution >= 4 is 0 Å². The highest BCUT2D eigenvalue weighted by molar-refractivity contribution is 4.70. The Morgan fingerprint density at radius 2 is 0.646 bits per heavy atom. The van der Waals surface area contributed by atoms with E-state index in [1.165, 1.54) is 32.1 Å². The molecule has 0 aromatic carbocycles. The fourth-order valence-corrected chi connectivity index (χ4v) is 1.62. The number of aliphatic hydroxyl groups is 1. The van der Waals surface area contributed by atoms with Gasteiger partial charge in [-0.25, -0.2) is 0 Å². The summed E-state index contributed by atoms with van der Waals surface area (Å²) in [6, 6.07) is 0. The van der Waals surface area contributed by atoms with Crippen LogP contribution in [0.2, 0.25) is 0 Å². The molecule has 0 aliphatic rings.